The molecule has 2 aromatic heterocycles. The highest BCUT2D eigenvalue weighted by Gasteiger charge is 2.25. The molecule has 1 aliphatic rings. The van der Waals surface area contributed by atoms with E-state index in [0.717, 1.165) is 30.6 Å². The molecule has 3 rings (SSSR count). The van der Waals surface area contributed by atoms with Crippen LogP contribution in [-0.4, -0.2) is 39.7 Å². The van der Waals surface area contributed by atoms with Gasteiger partial charge in [0.25, 0.3) is 0 Å². The first-order chi connectivity index (χ1) is 9.69. The van der Waals surface area contributed by atoms with Crippen LogP contribution in [0.2, 0.25) is 0 Å². The van der Waals surface area contributed by atoms with Gasteiger partial charge in [0.15, 0.2) is 6.29 Å². The van der Waals surface area contributed by atoms with E-state index in [1.165, 1.54) is 13.0 Å². The van der Waals surface area contributed by atoms with Gasteiger partial charge >= 0.3 is 0 Å². The SMILES string of the molecule is CC(C)N1CCC(Cc2ncc3cccc(C=O)n23)C1. The summed E-state index contributed by atoms with van der Waals surface area (Å²) in [5.74, 6) is 1.65. The lowest BCUT2D eigenvalue weighted by Gasteiger charge is -2.20. The third-order valence-corrected chi connectivity index (χ3v) is 4.29. The molecule has 0 aromatic carbocycles. The quantitative estimate of drug-likeness (QED) is 0.801. The smallest absolute Gasteiger partial charge is 0.166 e. The second-order valence-corrected chi connectivity index (χ2v) is 5.95. The molecule has 3 heterocycles. The van der Waals surface area contributed by atoms with Gasteiger partial charge in [0.1, 0.15) is 5.82 Å². The molecule has 0 radical (unpaired) electrons. The van der Waals surface area contributed by atoms with Gasteiger partial charge in [-0.1, -0.05) is 6.07 Å². The average Bonchev–Trinajstić information content (AvgIpc) is 3.06. The first-order valence-electron chi connectivity index (χ1n) is 7.33. The summed E-state index contributed by atoms with van der Waals surface area (Å²) in [4.78, 5) is 18.2. The number of likely N-dealkylation sites (tertiary alicyclic amines) is 1. The lowest BCUT2D eigenvalue weighted by molar-refractivity contribution is 0.111. The Bertz CT molecular complexity index is 617. The maximum atomic E-state index is 11.2. The van der Waals surface area contributed by atoms with Gasteiger partial charge in [0, 0.05) is 19.0 Å². The number of hydrogen-bond donors (Lipinski definition) is 0. The van der Waals surface area contributed by atoms with Crippen LogP contribution in [0, 0.1) is 5.92 Å². The number of aldehydes is 1. The van der Waals surface area contributed by atoms with Gasteiger partial charge < -0.3 is 4.90 Å². The average molecular weight is 271 g/mol. The molecule has 1 saturated heterocycles. The van der Waals surface area contributed by atoms with E-state index in [0.29, 0.717) is 17.7 Å². The molecule has 20 heavy (non-hydrogen) atoms. The van der Waals surface area contributed by atoms with Gasteiger partial charge in [-0.3, -0.25) is 9.20 Å². The maximum absolute atomic E-state index is 11.2. The van der Waals surface area contributed by atoms with E-state index in [1.54, 1.807) is 0 Å². The molecule has 1 fully saturated rings. The molecule has 0 spiro atoms. The Kier molecular flexibility index (Phi) is 3.57. The van der Waals surface area contributed by atoms with E-state index in [2.05, 4.69) is 23.7 Å². The fourth-order valence-electron chi connectivity index (χ4n) is 3.13. The minimum atomic E-state index is 0.613. The van der Waals surface area contributed by atoms with Crippen LogP contribution in [0.1, 0.15) is 36.6 Å². The third-order valence-electron chi connectivity index (χ3n) is 4.29. The number of rotatable bonds is 4. The molecule has 4 heteroatoms. The van der Waals surface area contributed by atoms with Crippen molar-refractivity contribution in [2.24, 2.45) is 5.92 Å². The van der Waals surface area contributed by atoms with Gasteiger partial charge in [0.2, 0.25) is 0 Å². The monoisotopic (exact) mass is 271 g/mol. The fraction of sp³-hybridized carbons (Fsp3) is 0.500. The van der Waals surface area contributed by atoms with Crippen molar-refractivity contribution in [2.75, 3.05) is 13.1 Å². The van der Waals surface area contributed by atoms with Crippen molar-refractivity contribution in [3.8, 4) is 0 Å². The molecule has 1 atom stereocenters. The number of carbonyl (C=O) groups excluding carboxylic acids is 1. The second kappa shape index (κ2) is 5.37. The Labute approximate surface area is 119 Å². The molecule has 0 aliphatic carbocycles. The van der Waals surface area contributed by atoms with Gasteiger partial charge in [-0.2, -0.15) is 0 Å². The zero-order valence-corrected chi connectivity index (χ0v) is 12.1. The first kappa shape index (κ1) is 13.3. The topological polar surface area (TPSA) is 37.6 Å². The van der Waals surface area contributed by atoms with Gasteiger partial charge in [-0.25, -0.2) is 4.98 Å². The van der Waals surface area contributed by atoms with Crippen LogP contribution in [0.25, 0.3) is 5.52 Å². The summed E-state index contributed by atoms with van der Waals surface area (Å²) in [6, 6.07) is 6.36. The first-order valence-corrected chi connectivity index (χ1v) is 7.33. The van der Waals surface area contributed by atoms with E-state index < -0.39 is 0 Å². The Hall–Kier alpha value is -1.68. The largest absolute Gasteiger partial charge is 0.301 e. The normalized spacial score (nSPS) is 20.1. The third kappa shape index (κ3) is 2.36. The standard InChI is InChI=1S/C16H21N3O/c1-12(2)18-7-6-13(10-18)8-16-17-9-14-4-3-5-15(11-20)19(14)16/h3-5,9,11-13H,6-8,10H2,1-2H3. The Balaban J connectivity index is 1.83. The number of imidazole rings is 1. The van der Waals surface area contributed by atoms with Crippen LogP contribution in [-0.2, 0) is 6.42 Å². The van der Waals surface area contributed by atoms with Crippen LogP contribution in [0.4, 0.5) is 0 Å². The van der Waals surface area contributed by atoms with E-state index >= 15 is 0 Å². The van der Waals surface area contributed by atoms with Crippen LogP contribution in [0.5, 0.6) is 0 Å². The molecule has 0 N–H and O–H groups in total. The molecular formula is C16H21N3O. The molecule has 1 unspecified atom stereocenters. The van der Waals surface area contributed by atoms with Crippen molar-refractivity contribution in [3.63, 3.8) is 0 Å². The molecule has 4 nitrogen and oxygen atoms in total. The lowest BCUT2D eigenvalue weighted by Crippen LogP contribution is -2.28. The van der Waals surface area contributed by atoms with Crippen molar-refractivity contribution < 1.29 is 4.79 Å². The second-order valence-electron chi connectivity index (χ2n) is 5.95. The molecule has 2 aromatic rings. The van der Waals surface area contributed by atoms with Crippen molar-refractivity contribution >= 4 is 11.8 Å². The van der Waals surface area contributed by atoms with Crippen molar-refractivity contribution in [2.45, 2.75) is 32.7 Å². The minimum Gasteiger partial charge on any atom is -0.301 e. The number of nitrogens with zero attached hydrogens (tertiary/aromatic N) is 3. The van der Waals surface area contributed by atoms with E-state index in [-0.39, 0.29) is 0 Å². The summed E-state index contributed by atoms with van der Waals surface area (Å²) in [5.41, 5.74) is 1.69. The molecule has 0 bridgehead atoms. The van der Waals surface area contributed by atoms with Crippen LogP contribution in [0.15, 0.2) is 24.4 Å². The predicted octanol–water partition coefficient (Wildman–Crippen LogP) is 2.42. The zero-order chi connectivity index (χ0) is 14.1. The number of aromatic nitrogens is 2. The summed E-state index contributed by atoms with van der Waals surface area (Å²) < 4.78 is 1.99. The highest BCUT2D eigenvalue weighted by atomic mass is 16.1. The summed E-state index contributed by atoms with van der Waals surface area (Å²) in [6.45, 7) is 6.80. The fourth-order valence-corrected chi connectivity index (χ4v) is 3.13. The highest BCUT2D eigenvalue weighted by Crippen LogP contribution is 2.23. The Morgan fingerprint density at radius 2 is 2.30 bits per heavy atom. The van der Waals surface area contributed by atoms with Gasteiger partial charge in [0.05, 0.1) is 17.4 Å². The number of fused-ring (bicyclic) bond motifs is 1. The van der Waals surface area contributed by atoms with Crippen molar-refractivity contribution in [3.05, 3.63) is 35.9 Å². The molecule has 0 amide bonds. The molecule has 0 saturated carbocycles. The molecule has 1 aliphatic heterocycles. The van der Waals surface area contributed by atoms with Crippen LogP contribution >= 0.6 is 0 Å². The maximum Gasteiger partial charge on any atom is 0.166 e. The number of carbonyl (C=O) groups is 1. The van der Waals surface area contributed by atoms with Crippen LogP contribution < -0.4 is 0 Å². The van der Waals surface area contributed by atoms with Gasteiger partial charge in [-0.15, -0.1) is 0 Å². The molecule has 106 valence electrons. The van der Waals surface area contributed by atoms with Gasteiger partial charge in [-0.05, 0) is 44.9 Å². The number of hydrogen-bond acceptors (Lipinski definition) is 3. The van der Waals surface area contributed by atoms with Crippen molar-refractivity contribution in [1.82, 2.24) is 14.3 Å². The van der Waals surface area contributed by atoms with E-state index in [1.807, 2.05) is 28.8 Å². The van der Waals surface area contributed by atoms with Crippen LogP contribution in [0.3, 0.4) is 0 Å². The molecular weight excluding hydrogens is 250 g/mol. The summed E-state index contributed by atoms with van der Waals surface area (Å²) in [5, 5.41) is 0. The lowest BCUT2D eigenvalue weighted by atomic mass is 10.0. The van der Waals surface area contributed by atoms with E-state index in [9.17, 15) is 4.79 Å². The Morgan fingerprint density at radius 3 is 3.00 bits per heavy atom. The zero-order valence-electron chi connectivity index (χ0n) is 12.1. The Morgan fingerprint density at radius 1 is 1.45 bits per heavy atom. The van der Waals surface area contributed by atoms with Crippen molar-refractivity contribution in [1.29, 1.82) is 0 Å². The minimum absolute atomic E-state index is 0.613. The summed E-state index contributed by atoms with van der Waals surface area (Å²) >= 11 is 0. The predicted molar refractivity (Wildman–Crippen MR) is 79.1 cm³/mol. The highest BCUT2D eigenvalue weighted by molar-refractivity contribution is 5.74. The van der Waals surface area contributed by atoms with E-state index in [4.69, 9.17) is 0 Å². The summed E-state index contributed by atoms with van der Waals surface area (Å²) in [7, 11) is 0. The number of pyridine rings is 1. The summed E-state index contributed by atoms with van der Waals surface area (Å²) in [6.07, 6.45) is 4.93.